The summed E-state index contributed by atoms with van der Waals surface area (Å²) in [6, 6.07) is 12.8. The molecule has 3 aromatic rings. The van der Waals surface area contributed by atoms with Crippen LogP contribution in [-0.4, -0.2) is 29.5 Å². The molecule has 1 saturated heterocycles. The third-order valence-electron chi connectivity index (χ3n) is 5.35. The minimum atomic E-state index is -0.852. The molecule has 2 aromatic carbocycles. The maximum absolute atomic E-state index is 13.2. The van der Waals surface area contributed by atoms with Gasteiger partial charge in [0.2, 0.25) is 0 Å². The van der Waals surface area contributed by atoms with Crippen molar-refractivity contribution in [2.45, 2.75) is 13.8 Å². The second-order valence-electron chi connectivity index (χ2n) is 7.41. The van der Waals surface area contributed by atoms with E-state index in [1.807, 2.05) is 36.6 Å². The van der Waals surface area contributed by atoms with Gasteiger partial charge < -0.3 is 9.30 Å². The first-order valence-electron chi connectivity index (χ1n) is 9.91. The summed E-state index contributed by atoms with van der Waals surface area (Å²) < 4.78 is 7.10. The molecular formula is C24H19Cl2N3O4. The van der Waals surface area contributed by atoms with E-state index in [0.717, 1.165) is 22.0 Å². The van der Waals surface area contributed by atoms with Crippen LogP contribution >= 0.6 is 23.2 Å². The zero-order chi connectivity index (χ0) is 23.9. The Morgan fingerprint density at radius 1 is 0.939 bits per heavy atom. The average molecular weight is 484 g/mol. The predicted molar refractivity (Wildman–Crippen MR) is 127 cm³/mol. The molecule has 168 valence electrons. The minimum absolute atomic E-state index is 0.169. The van der Waals surface area contributed by atoms with Gasteiger partial charge in [-0.3, -0.25) is 14.9 Å². The van der Waals surface area contributed by atoms with Crippen molar-refractivity contribution >= 4 is 52.8 Å². The second kappa shape index (κ2) is 8.77. The zero-order valence-corrected chi connectivity index (χ0v) is 19.5. The molecule has 1 N–H and O–H groups in total. The van der Waals surface area contributed by atoms with Crippen molar-refractivity contribution in [1.82, 2.24) is 9.88 Å². The molecule has 7 nitrogen and oxygen atoms in total. The van der Waals surface area contributed by atoms with Crippen LogP contribution in [0.15, 0.2) is 54.1 Å². The molecule has 1 aliphatic heterocycles. The monoisotopic (exact) mass is 483 g/mol. The Bertz CT molecular complexity index is 1330. The van der Waals surface area contributed by atoms with Gasteiger partial charge in [-0.1, -0.05) is 23.2 Å². The number of aromatic nitrogens is 1. The molecule has 0 bridgehead atoms. The number of methoxy groups -OCH3 is 1. The van der Waals surface area contributed by atoms with Gasteiger partial charge in [-0.05, 0) is 74.0 Å². The molecular weight excluding hydrogens is 465 g/mol. The molecule has 0 aliphatic carbocycles. The number of amides is 4. The number of urea groups is 1. The van der Waals surface area contributed by atoms with Crippen LogP contribution in [0.4, 0.5) is 10.5 Å². The second-order valence-corrected chi connectivity index (χ2v) is 8.26. The predicted octanol–water partition coefficient (Wildman–Crippen LogP) is 5.08. The smallest absolute Gasteiger partial charge is 0.335 e. The van der Waals surface area contributed by atoms with Crippen LogP contribution in [0.25, 0.3) is 11.8 Å². The fraction of sp³-hybridized carbons (Fsp3) is 0.125. The average Bonchev–Trinajstić information content (AvgIpc) is 3.04. The fourth-order valence-corrected chi connectivity index (χ4v) is 4.14. The molecule has 0 spiro atoms. The molecule has 1 fully saturated rings. The van der Waals surface area contributed by atoms with E-state index < -0.39 is 17.8 Å². The van der Waals surface area contributed by atoms with Crippen LogP contribution in [0.1, 0.15) is 17.0 Å². The van der Waals surface area contributed by atoms with Gasteiger partial charge in [0.1, 0.15) is 11.3 Å². The highest BCUT2D eigenvalue weighted by Crippen LogP contribution is 2.31. The first-order valence-corrected chi connectivity index (χ1v) is 10.7. The van der Waals surface area contributed by atoms with Crippen molar-refractivity contribution in [2.24, 2.45) is 0 Å². The molecule has 33 heavy (non-hydrogen) atoms. The Kier molecular flexibility index (Phi) is 6.01. The number of nitrogens with one attached hydrogen (secondary N) is 1. The number of carbonyl (C=O) groups excluding carboxylic acids is 3. The van der Waals surface area contributed by atoms with E-state index in [0.29, 0.717) is 16.3 Å². The summed E-state index contributed by atoms with van der Waals surface area (Å²) in [6.07, 6.45) is 1.48. The van der Waals surface area contributed by atoms with Crippen molar-refractivity contribution in [2.75, 3.05) is 12.0 Å². The van der Waals surface area contributed by atoms with Gasteiger partial charge in [0.05, 0.1) is 17.8 Å². The van der Waals surface area contributed by atoms with Crippen molar-refractivity contribution < 1.29 is 19.1 Å². The number of hydrogen-bond acceptors (Lipinski definition) is 4. The quantitative estimate of drug-likeness (QED) is 0.414. The summed E-state index contributed by atoms with van der Waals surface area (Å²) in [5, 5.41) is 3.07. The normalized spacial score (nSPS) is 15.2. The third-order valence-corrected chi connectivity index (χ3v) is 5.90. The van der Waals surface area contributed by atoms with Crippen molar-refractivity contribution in [3.63, 3.8) is 0 Å². The Labute approximate surface area is 200 Å². The number of hydrogen-bond donors (Lipinski definition) is 1. The highest BCUT2D eigenvalue weighted by Gasteiger charge is 2.37. The molecule has 0 unspecified atom stereocenters. The number of halogens is 2. The number of carbonyl (C=O) groups is 3. The minimum Gasteiger partial charge on any atom is -0.495 e. The summed E-state index contributed by atoms with van der Waals surface area (Å²) in [4.78, 5) is 39.1. The van der Waals surface area contributed by atoms with E-state index in [4.69, 9.17) is 27.9 Å². The van der Waals surface area contributed by atoms with E-state index in [1.54, 1.807) is 12.1 Å². The lowest BCUT2D eigenvalue weighted by Crippen LogP contribution is -2.54. The van der Waals surface area contributed by atoms with Gasteiger partial charge in [0.25, 0.3) is 11.8 Å². The zero-order valence-electron chi connectivity index (χ0n) is 18.0. The lowest BCUT2D eigenvalue weighted by molar-refractivity contribution is -0.122. The van der Waals surface area contributed by atoms with Crippen LogP contribution in [-0.2, 0) is 9.59 Å². The van der Waals surface area contributed by atoms with E-state index in [2.05, 4.69) is 5.32 Å². The number of rotatable bonds is 4. The number of ether oxygens (including phenoxy) is 1. The number of barbiturate groups is 1. The maximum atomic E-state index is 13.2. The van der Waals surface area contributed by atoms with Crippen molar-refractivity contribution in [3.05, 3.63) is 81.1 Å². The standard InChI is InChI=1S/C24H19Cl2N3O4/c1-13-10-15(14(2)28(13)17-6-4-16(25)5-7-17)11-19-22(30)27-24(32)29(23(19)31)18-8-9-21(33-3)20(26)12-18/h4-12H,1-3H3,(H,27,30,32). The number of benzene rings is 2. The lowest BCUT2D eigenvalue weighted by Gasteiger charge is -2.26. The number of imide groups is 2. The van der Waals surface area contributed by atoms with Crippen LogP contribution in [0.2, 0.25) is 10.0 Å². The number of nitrogens with zero attached hydrogens (tertiary/aromatic N) is 2. The first-order chi connectivity index (χ1) is 15.7. The SMILES string of the molecule is COc1ccc(N2C(=O)NC(=O)C(=Cc3cc(C)n(-c4ccc(Cl)cc4)c3C)C2=O)cc1Cl. The summed E-state index contributed by atoms with van der Waals surface area (Å²) in [5.41, 5.74) is 3.33. The molecule has 1 aromatic heterocycles. The topological polar surface area (TPSA) is 80.6 Å². The molecule has 4 rings (SSSR count). The molecule has 4 amide bonds. The van der Waals surface area contributed by atoms with E-state index >= 15 is 0 Å². The summed E-state index contributed by atoms with van der Waals surface area (Å²) in [6.45, 7) is 3.80. The summed E-state index contributed by atoms with van der Waals surface area (Å²) >= 11 is 12.2. The van der Waals surface area contributed by atoms with Crippen molar-refractivity contribution in [3.8, 4) is 11.4 Å². The lowest BCUT2D eigenvalue weighted by atomic mass is 10.1. The third kappa shape index (κ3) is 4.13. The van der Waals surface area contributed by atoms with Gasteiger partial charge in [-0.25, -0.2) is 9.69 Å². The Balaban J connectivity index is 1.75. The number of anilines is 1. The Morgan fingerprint density at radius 2 is 1.61 bits per heavy atom. The van der Waals surface area contributed by atoms with Gasteiger partial charge >= 0.3 is 6.03 Å². The largest absolute Gasteiger partial charge is 0.495 e. The Hall–Kier alpha value is -3.55. The van der Waals surface area contributed by atoms with Crippen LogP contribution < -0.4 is 15.0 Å². The van der Waals surface area contributed by atoms with Crippen molar-refractivity contribution in [1.29, 1.82) is 0 Å². The van der Waals surface area contributed by atoms with Crippen LogP contribution in [0.5, 0.6) is 5.75 Å². The van der Waals surface area contributed by atoms with E-state index in [9.17, 15) is 14.4 Å². The molecule has 1 aliphatic rings. The molecule has 9 heteroatoms. The van der Waals surface area contributed by atoms with Crippen LogP contribution in [0.3, 0.4) is 0 Å². The maximum Gasteiger partial charge on any atom is 0.335 e. The molecule has 0 saturated carbocycles. The van der Waals surface area contributed by atoms with E-state index in [1.165, 1.54) is 31.4 Å². The number of aryl methyl sites for hydroxylation is 1. The first kappa shape index (κ1) is 22.6. The molecule has 0 atom stereocenters. The highest BCUT2D eigenvalue weighted by molar-refractivity contribution is 6.39. The van der Waals surface area contributed by atoms with Gasteiger partial charge in [-0.2, -0.15) is 0 Å². The van der Waals surface area contributed by atoms with Crippen LogP contribution in [0, 0.1) is 13.8 Å². The summed E-state index contributed by atoms with van der Waals surface area (Å²) in [5.74, 6) is -1.12. The summed E-state index contributed by atoms with van der Waals surface area (Å²) in [7, 11) is 1.46. The molecule has 2 heterocycles. The Morgan fingerprint density at radius 3 is 2.24 bits per heavy atom. The molecule has 0 radical (unpaired) electrons. The van der Waals surface area contributed by atoms with Gasteiger partial charge in [0.15, 0.2) is 0 Å². The fourth-order valence-electron chi connectivity index (χ4n) is 3.76. The highest BCUT2D eigenvalue weighted by atomic mass is 35.5. The van der Waals surface area contributed by atoms with Gasteiger partial charge in [-0.15, -0.1) is 0 Å². The van der Waals surface area contributed by atoms with Gasteiger partial charge in [0, 0.05) is 22.1 Å². The van der Waals surface area contributed by atoms with E-state index in [-0.39, 0.29) is 16.3 Å².